The second-order valence-corrected chi connectivity index (χ2v) is 4.47. The Morgan fingerprint density at radius 3 is 2.65 bits per heavy atom. The molecule has 1 aromatic heterocycles. The first kappa shape index (κ1) is 10.2. The van der Waals surface area contributed by atoms with Gasteiger partial charge in [0.15, 0.2) is 0 Å². The van der Waals surface area contributed by atoms with Gasteiger partial charge in [0.2, 0.25) is 0 Å². The highest BCUT2D eigenvalue weighted by molar-refractivity contribution is 6.06. The Bertz CT molecular complexity index is 732. The molecule has 0 amide bonds. The number of pyridine rings is 1. The number of rotatable bonds is 0. The zero-order chi connectivity index (χ0) is 12.0. The second-order valence-electron chi connectivity index (χ2n) is 4.47. The minimum atomic E-state index is -0.219. The third-order valence-corrected chi connectivity index (χ3v) is 3.08. The smallest absolute Gasteiger partial charge is 0.123 e. The van der Waals surface area contributed by atoms with E-state index >= 15 is 0 Å². The average molecular weight is 225 g/mol. The standard InChI is InChI=1S/C15H12FN/c1-9-5-10(2)15-14(6-9)13-4-3-12(16)7-11(13)8-17-15/h3-8H,1-2H3. The lowest BCUT2D eigenvalue weighted by Gasteiger charge is -2.07. The summed E-state index contributed by atoms with van der Waals surface area (Å²) in [7, 11) is 0. The zero-order valence-corrected chi connectivity index (χ0v) is 9.79. The molecule has 1 nitrogen and oxygen atoms in total. The van der Waals surface area contributed by atoms with Gasteiger partial charge in [0.05, 0.1) is 5.52 Å². The average Bonchev–Trinajstić information content (AvgIpc) is 2.27. The molecular weight excluding hydrogens is 213 g/mol. The molecule has 3 aromatic rings. The van der Waals surface area contributed by atoms with Crippen molar-refractivity contribution in [2.45, 2.75) is 13.8 Å². The lowest BCUT2D eigenvalue weighted by atomic mass is 10.0. The van der Waals surface area contributed by atoms with Gasteiger partial charge in [-0.15, -0.1) is 0 Å². The molecule has 0 saturated heterocycles. The summed E-state index contributed by atoms with van der Waals surface area (Å²) < 4.78 is 13.2. The molecule has 0 saturated carbocycles. The monoisotopic (exact) mass is 225 g/mol. The first-order valence-electron chi connectivity index (χ1n) is 5.60. The predicted octanol–water partition coefficient (Wildman–Crippen LogP) is 4.14. The van der Waals surface area contributed by atoms with Crippen LogP contribution in [0.4, 0.5) is 4.39 Å². The molecule has 0 aliphatic heterocycles. The van der Waals surface area contributed by atoms with E-state index in [1.807, 2.05) is 6.07 Å². The zero-order valence-electron chi connectivity index (χ0n) is 9.79. The summed E-state index contributed by atoms with van der Waals surface area (Å²) in [6.45, 7) is 4.12. The molecule has 0 bridgehead atoms. The van der Waals surface area contributed by atoms with E-state index < -0.39 is 0 Å². The van der Waals surface area contributed by atoms with Crippen molar-refractivity contribution in [3.8, 4) is 0 Å². The Kier molecular flexibility index (Phi) is 2.11. The second kappa shape index (κ2) is 3.52. The first-order valence-corrected chi connectivity index (χ1v) is 5.60. The molecule has 0 unspecified atom stereocenters. The Labute approximate surface area is 98.9 Å². The van der Waals surface area contributed by atoms with E-state index in [0.29, 0.717) is 0 Å². The summed E-state index contributed by atoms with van der Waals surface area (Å²) in [5.41, 5.74) is 3.36. The maximum Gasteiger partial charge on any atom is 0.123 e. The molecule has 3 rings (SSSR count). The lowest BCUT2D eigenvalue weighted by Crippen LogP contribution is -1.88. The minimum absolute atomic E-state index is 0.219. The molecule has 0 atom stereocenters. The Morgan fingerprint density at radius 1 is 1.00 bits per heavy atom. The van der Waals surface area contributed by atoms with Crippen LogP contribution in [0.1, 0.15) is 11.1 Å². The molecule has 0 aliphatic carbocycles. The fourth-order valence-corrected chi connectivity index (χ4v) is 2.36. The number of halogens is 1. The van der Waals surface area contributed by atoms with Crippen molar-refractivity contribution in [2.75, 3.05) is 0 Å². The quantitative estimate of drug-likeness (QED) is 0.524. The molecule has 0 radical (unpaired) electrons. The van der Waals surface area contributed by atoms with Crippen molar-refractivity contribution >= 4 is 21.7 Å². The van der Waals surface area contributed by atoms with Crippen LogP contribution in [0.25, 0.3) is 21.7 Å². The number of benzene rings is 2. The first-order chi connectivity index (χ1) is 8.15. The van der Waals surface area contributed by atoms with E-state index in [0.717, 1.165) is 27.2 Å². The summed E-state index contributed by atoms with van der Waals surface area (Å²) in [6.07, 6.45) is 1.74. The van der Waals surface area contributed by atoms with Crippen molar-refractivity contribution in [2.24, 2.45) is 0 Å². The number of hydrogen-bond donors (Lipinski definition) is 0. The summed E-state index contributed by atoms with van der Waals surface area (Å²) in [4.78, 5) is 4.42. The van der Waals surface area contributed by atoms with Crippen LogP contribution in [-0.4, -0.2) is 4.98 Å². The van der Waals surface area contributed by atoms with Crippen LogP contribution < -0.4 is 0 Å². The Morgan fingerprint density at radius 2 is 1.82 bits per heavy atom. The van der Waals surface area contributed by atoms with Gasteiger partial charge in [-0.3, -0.25) is 4.98 Å². The van der Waals surface area contributed by atoms with Gasteiger partial charge < -0.3 is 0 Å². The van der Waals surface area contributed by atoms with E-state index in [1.165, 1.54) is 17.7 Å². The molecule has 2 heteroatoms. The van der Waals surface area contributed by atoms with E-state index in [4.69, 9.17) is 0 Å². The molecule has 2 aromatic carbocycles. The molecule has 0 spiro atoms. The fraction of sp³-hybridized carbons (Fsp3) is 0.133. The van der Waals surface area contributed by atoms with Crippen LogP contribution in [0.3, 0.4) is 0 Å². The van der Waals surface area contributed by atoms with Gasteiger partial charge in [-0.1, -0.05) is 17.7 Å². The summed E-state index contributed by atoms with van der Waals surface area (Å²) in [6, 6.07) is 9.08. The molecule has 0 aliphatic rings. The van der Waals surface area contributed by atoms with Crippen LogP contribution in [0.2, 0.25) is 0 Å². The van der Waals surface area contributed by atoms with E-state index in [1.54, 1.807) is 6.20 Å². The van der Waals surface area contributed by atoms with Crippen molar-refractivity contribution in [1.82, 2.24) is 4.98 Å². The van der Waals surface area contributed by atoms with Crippen LogP contribution in [0, 0.1) is 19.7 Å². The molecule has 1 heterocycles. The number of hydrogen-bond acceptors (Lipinski definition) is 1. The highest BCUT2D eigenvalue weighted by atomic mass is 19.1. The topological polar surface area (TPSA) is 12.9 Å². The third kappa shape index (κ3) is 1.57. The van der Waals surface area contributed by atoms with Crippen LogP contribution >= 0.6 is 0 Å². The maximum absolute atomic E-state index is 13.2. The SMILES string of the molecule is Cc1cc(C)c2ncc3cc(F)ccc3c2c1. The van der Waals surface area contributed by atoms with Crippen molar-refractivity contribution in [3.63, 3.8) is 0 Å². The van der Waals surface area contributed by atoms with E-state index in [9.17, 15) is 4.39 Å². The summed E-state index contributed by atoms with van der Waals surface area (Å²) >= 11 is 0. The van der Waals surface area contributed by atoms with Gasteiger partial charge in [0.1, 0.15) is 5.82 Å². The Balaban J connectivity index is 2.55. The lowest BCUT2D eigenvalue weighted by molar-refractivity contribution is 0.630. The highest BCUT2D eigenvalue weighted by Gasteiger charge is 2.05. The van der Waals surface area contributed by atoms with Gasteiger partial charge in [-0.05, 0) is 43.0 Å². The normalized spacial score (nSPS) is 11.2. The van der Waals surface area contributed by atoms with Crippen molar-refractivity contribution in [1.29, 1.82) is 0 Å². The molecule has 17 heavy (non-hydrogen) atoms. The van der Waals surface area contributed by atoms with Gasteiger partial charge in [0.25, 0.3) is 0 Å². The number of nitrogens with zero attached hydrogens (tertiary/aromatic N) is 1. The molecule has 0 N–H and O–H groups in total. The van der Waals surface area contributed by atoms with Crippen molar-refractivity contribution in [3.05, 3.63) is 53.5 Å². The summed E-state index contributed by atoms with van der Waals surface area (Å²) in [5, 5.41) is 3.01. The van der Waals surface area contributed by atoms with E-state index in [-0.39, 0.29) is 5.82 Å². The maximum atomic E-state index is 13.2. The van der Waals surface area contributed by atoms with Crippen molar-refractivity contribution < 1.29 is 4.39 Å². The third-order valence-electron chi connectivity index (χ3n) is 3.08. The van der Waals surface area contributed by atoms with Crippen LogP contribution in [0.15, 0.2) is 36.5 Å². The van der Waals surface area contributed by atoms with Gasteiger partial charge >= 0.3 is 0 Å². The Hall–Kier alpha value is -1.96. The van der Waals surface area contributed by atoms with Gasteiger partial charge in [-0.25, -0.2) is 4.39 Å². The number of aryl methyl sites for hydroxylation is 2. The number of fused-ring (bicyclic) bond motifs is 3. The van der Waals surface area contributed by atoms with Gasteiger partial charge in [-0.2, -0.15) is 0 Å². The molecule has 84 valence electrons. The summed E-state index contributed by atoms with van der Waals surface area (Å²) in [5.74, 6) is -0.219. The van der Waals surface area contributed by atoms with Crippen LogP contribution in [-0.2, 0) is 0 Å². The van der Waals surface area contributed by atoms with E-state index in [2.05, 4.69) is 31.0 Å². The molecular formula is C15H12FN. The van der Waals surface area contributed by atoms with Gasteiger partial charge in [0, 0.05) is 17.0 Å². The highest BCUT2D eigenvalue weighted by Crippen LogP contribution is 2.27. The van der Waals surface area contributed by atoms with Crippen LogP contribution in [0.5, 0.6) is 0 Å². The number of aromatic nitrogens is 1. The minimum Gasteiger partial charge on any atom is -0.255 e. The molecule has 0 fully saturated rings. The largest absolute Gasteiger partial charge is 0.255 e. The fourth-order valence-electron chi connectivity index (χ4n) is 2.36. The predicted molar refractivity (Wildman–Crippen MR) is 68.7 cm³/mol.